The van der Waals surface area contributed by atoms with Crippen LogP contribution in [0.5, 0.6) is 0 Å². The van der Waals surface area contributed by atoms with E-state index in [0.29, 0.717) is 14.2 Å². The third-order valence-corrected chi connectivity index (χ3v) is 43.2. The van der Waals surface area contributed by atoms with Crippen LogP contribution in [0.2, 0.25) is 31.6 Å². The molecule has 0 bridgehead atoms. The molecule has 1 aromatic rings. The number of unbranched alkanes of at least 4 members (excludes halogenated alkanes) is 6. The maximum absolute atomic E-state index is 16.1. The van der Waals surface area contributed by atoms with Gasteiger partial charge in [-0.15, -0.1) is 0 Å². The van der Waals surface area contributed by atoms with Gasteiger partial charge in [0.2, 0.25) is 0 Å². The molecule has 0 aliphatic carbocycles. The summed E-state index contributed by atoms with van der Waals surface area (Å²) in [5.74, 6) is 0. The van der Waals surface area contributed by atoms with Gasteiger partial charge in [-0.25, -0.2) is 0 Å². The van der Waals surface area contributed by atoms with E-state index in [-0.39, 0.29) is 3.59 Å². The predicted molar refractivity (Wildman–Crippen MR) is 179 cm³/mol. The van der Waals surface area contributed by atoms with Crippen molar-refractivity contribution < 1.29 is 18.3 Å². The Morgan fingerprint density at radius 2 is 1.05 bits per heavy atom. The van der Waals surface area contributed by atoms with Crippen LogP contribution in [-0.4, -0.2) is 48.0 Å². The van der Waals surface area contributed by atoms with Crippen molar-refractivity contribution in [3.05, 3.63) is 42.0 Å². The molecule has 1 rings (SSSR count). The van der Waals surface area contributed by atoms with Gasteiger partial charge in [-0.2, -0.15) is 0 Å². The summed E-state index contributed by atoms with van der Waals surface area (Å²) >= 11 is -1.45. The van der Waals surface area contributed by atoms with Crippen molar-refractivity contribution in [3.8, 4) is 0 Å². The first kappa shape index (κ1) is 39.6. The average molecular weight is 815 g/mol. The van der Waals surface area contributed by atoms with Crippen molar-refractivity contribution in [2.45, 2.75) is 157 Å². The van der Waals surface area contributed by atoms with Gasteiger partial charge in [0.15, 0.2) is 0 Å². The van der Waals surface area contributed by atoms with Gasteiger partial charge in [-0.1, -0.05) is 0 Å². The molecule has 1 aromatic carbocycles. The molecule has 1 atom stereocenters. The summed E-state index contributed by atoms with van der Waals surface area (Å²) < 4.78 is 53.7. The zero-order chi connectivity index (χ0) is 30.9. The molecule has 1 N–H and O–H groups in total. The molecule has 0 aliphatic rings. The average Bonchev–Trinajstić information content (AvgIpc) is 2.95. The van der Waals surface area contributed by atoms with Crippen molar-refractivity contribution in [3.63, 3.8) is 0 Å². The van der Waals surface area contributed by atoms with E-state index in [1.165, 1.54) is 0 Å². The summed E-state index contributed by atoms with van der Waals surface area (Å²) in [4.78, 5) is 0. The Kier molecular flexibility index (Phi) is 19.9. The summed E-state index contributed by atoms with van der Waals surface area (Å²) in [6.45, 7) is 12.8. The number of allylic oxidation sites excluding steroid dienone is 1. The normalized spacial score (nSPS) is 14.3. The Hall–Kier alpha value is 0.597. The fourth-order valence-electron chi connectivity index (χ4n) is 6.89. The summed E-state index contributed by atoms with van der Waals surface area (Å²) in [6, 6.07) is 7.06. The first-order valence-electron chi connectivity index (χ1n) is 16.8. The van der Waals surface area contributed by atoms with Crippen molar-refractivity contribution in [2.24, 2.45) is 0 Å². The Morgan fingerprint density at radius 1 is 0.683 bits per heavy atom. The van der Waals surface area contributed by atoms with E-state index in [2.05, 4.69) is 41.5 Å². The molecule has 238 valence electrons. The molecule has 0 aromatic heterocycles. The molecule has 0 amide bonds. The Bertz CT molecular complexity index is 843. The van der Waals surface area contributed by atoms with Crippen molar-refractivity contribution in [2.75, 3.05) is 0 Å². The predicted octanol–water partition coefficient (Wildman–Crippen LogP) is 13.0. The van der Waals surface area contributed by atoms with E-state index in [0.717, 1.165) is 104 Å². The van der Waals surface area contributed by atoms with Crippen LogP contribution >= 0.6 is 11.6 Å². The Balaban J connectivity index is 4.42. The summed E-state index contributed by atoms with van der Waals surface area (Å²) in [5.41, 5.74) is 0.557. The van der Waals surface area contributed by atoms with Gasteiger partial charge >= 0.3 is 266 Å². The van der Waals surface area contributed by atoms with Gasteiger partial charge in [0.1, 0.15) is 0 Å². The second-order valence-corrected chi connectivity index (χ2v) is 39.0. The second-order valence-electron chi connectivity index (χ2n) is 12.4. The molecule has 0 heterocycles. The Morgan fingerprint density at radius 3 is 1.37 bits per heavy atom. The van der Waals surface area contributed by atoms with E-state index in [9.17, 15) is 5.11 Å². The number of hydrogen-bond acceptors (Lipinski definition) is 1. The molecule has 0 aliphatic heterocycles. The minimum atomic E-state index is -4.40. The fourth-order valence-corrected chi connectivity index (χ4v) is 51.4. The van der Waals surface area contributed by atoms with E-state index < -0.39 is 49.0 Å². The zero-order valence-corrected chi connectivity index (χ0v) is 33.5. The monoisotopic (exact) mass is 816 g/mol. The van der Waals surface area contributed by atoms with Crippen LogP contribution in [-0.2, 0) is 0 Å². The van der Waals surface area contributed by atoms with Gasteiger partial charge in [-0.05, 0) is 0 Å². The number of aliphatic hydroxyl groups excluding tert-OH is 1. The molecule has 0 saturated carbocycles. The van der Waals surface area contributed by atoms with E-state index in [1.54, 1.807) is 18.2 Å². The number of aliphatic hydroxyl groups is 1. The quantitative estimate of drug-likeness (QED) is 0.116. The van der Waals surface area contributed by atoms with Crippen molar-refractivity contribution in [1.82, 2.24) is 0 Å². The second kappa shape index (κ2) is 20.6. The number of hydrogen-bond donors (Lipinski definition) is 1. The molecule has 41 heavy (non-hydrogen) atoms. The van der Waals surface area contributed by atoms with Crippen LogP contribution in [0, 0.1) is 0 Å². The number of rotatable bonds is 22. The van der Waals surface area contributed by atoms with Crippen LogP contribution in [0.4, 0.5) is 13.2 Å². The van der Waals surface area contributed by atoms with Gasteiger partial charge in [0, 0.05) is 0 Å². The molecule has 7 heteroatoms. The summed E-state index contributed by atoms with van der Waals surface area (Å²) in [6.07, 6.45) is 5.59. The van der Waals surface area contributed by atoms with Gasteiger partial charge in [0.05, 0.1) is 0 Å². The van der Waals surface area contributed by atoms with Crippen LogP contribution in [0.3, 0.4) is 0 Å². The third kappa shape index (κ3) is 12.1. The first-order valence-corrected chi connectivity index (χ1v) is 32.1. The fraction of sp³-hybridized carbons (Fsp3) is 0.765. The van der Waals surface area contributed by atoms with Crippen LogP contribution in [0.15, 0.2) is 31.4 Å². The standard InChI is InChI=1S/C10H6ClF3O.6C4H9.2Sn/c11-8-3-1-2-7(6-8)9(15)4-5-10(12,13)14;6*1-3-4-2;;/h1-3,6,9,15H;6*1,3-4H2,2H3;;. The molecular weight excluding hydrogens is 754 g/mol. The molecule has 1 nitrogen and oxygen atoms in total. The molecule has 0 spiro atoms. The molecule has 1 unspecified atom stereocenters. The zero-order valence-electron chi connectivity index (χ0n) is 27.1. The molecule has 0 fully saturated rings. The van der Waals surface area contributed by atoms with E-state index in [4.69, 9.17) is 11.6 Å². The van der Waals surface area contributed by atoms with Crippen molar-refractivity contribution in [1.29, 1.82) is 0 Å². The van der Waals surface area contributed by atoms with Gasteiger partial charge < -0.3 is 0 Å². The third-order valence-electron chi connectivity index (χ3n) is 9.15. The van der Waals surface area contributed by atoms with Gasteiger partial charge in [-0.3, -0.25) is 0 Å². The molecular formula is C34H60ClF3OSn2. The molecule has 0 saturated heterocycles. The molecule has 0 radical (unpaired) electrons. The minimum absolute atomic E-state index is 0.0891. The summed E-state index contributed by atoms with van der Waals surface area (Å²) in [7, 11) is 0. The van der Waals surface area contributed by atoms with Crippen LogP contribution in [0.1, 0.15) is 130 Å². The number of benzene rings is 1. The van der Waals surface area contributed by atoms with Crippen LogP contribution < -0.4 is 0 Å². The summed E-state index contributed by atoms with van der Waals surface area (Å²) in [5, 5.41) is 12.9. The van der Waals surface area contributed by atoms with E-state index in [1.807, 2.05) is 6.07 Å². The SMILES string of the molecule is CCC[CH2][Sn]([CH2]CCC)([CH2]CCC)/[C](=[C](/C(F)(F)F)[Sn]([CH2]CCC)([CH2]CCC)[CH2]CCC)C(O)c1cccc(Cl)c1. The Labute approximate surface area is 264 Å². The topological polar surface area (TPSA) is 20.2 Å². The number of halogens is 4. The maximum atomic E-state index is 16.1. The van der Waals surface area contributed by atoms with E-state index >= 15 is 13.2 Å². The first-order chi connectivity index (χ1) is 19.5. The van der Waals surface area contributed by atoms with Crippen LogP contribution in [0.25, 0.3) is 0 Å². The van der Waals surface area contributed by atoms with Crippen molar-refractivity contribution >= 4 is 48.4 Å². The van der Waals surface area contributed by atoms with Gasteiger partial charge in [0.25, 0.3) is 0 Å². The number of alkyl halides is 3.